The van der Waals surface area contributed by atoms with Crippen molar-refractivity contribution >= 4 is 33.4 Å². The van der Waals surface area contributed by atoms with Crippen molar-refractivity contribution in [2.24, 2.45) is 0 Å². The summed E-state index contributed by atoms with van der Waals surface area (Å²) in [6.45, 7) is 2.11. The van der Waals surface area contributed by atoms with Gasteiger partial charge >= 0.3 is 0 Å². The number of nitrogens with zero attached hydrogens (tertiary/aromatic N) is 3. The van der Waals surface area contributed by atoms with Gasteiger partial charge in [0.15, 0.2) is 0 Å². The van der Waals surface area contributed by atoms with Gasteiger partial charge in [-0.3, -0.25) is 19.4 Å². The lowest BCUT2D eigenvalue weighted by atomic mass is 9.98. The minimum Gasteiger partial charge on any atom is -0.286 e. The predicted octanol–water partition coefficient (Wildman–Crippen LogP) is 3.73. The van der Waals surface area contributed by atoms with Gasteiger partial charge in [0.2, 0.25) is 0 Å². The number of rotatable bonds is 3. The van der Waals surface area contributed by atoms with Crippen molar-refractivity contribution in [3.05, 3.63) is 64.7 Å². The fourth-order valence-corrected chi connectivity index (χ4v) is 5.09. The third-order valence-corrected chi connectivity index (χ3v) is 6.67. The molecule has 0 aliphatic carbocycles. The van der Waals surface area contributed by atoms with E-state index in [1.54, 1.807) is 35.6 Å². The van der Waals surface area contributed by atoms with Crippen molar-refractivity contribution in [3.63, 3.8) is 0 Å². The van der Waals surface area contributed by atoms with Gasteiger partial charge in [0.05, 0.1) is 33.0 Å². The molecule has 2 amide bonds. The molecule has 1 saturated heterocycles. The monoisotopic (exact) mass is 377 g/mol. The van der Waals surface area contributed by atoms with E-state index in [0.29, 0.717) is 23.7 Å². The number of para-hydroxylation sites is 1. The minimum absolute atomic E-state index is 0.177. The molecule has 3 aromatic rings. The number of fused-ring (bicyclic) bond motifs is 2. The van der Waals surface area contributed by atoms with Crippen LogP contribution in [0.1, 0.15) is 44.5 Å². The highest BCUT2D eigenvalue weighted by atomic mass is 32.1. The summed E-state index contributed by atoms with van der Waals surface area (Å²) in [5.74, 6) is 0.105. The van der Waals surface area contributed by atoms with Crippen LogP contribution >= 0.6 is 11.3 Å². The molecule has 0 saturated carbocycles. The van der Waals surface area contributed by atoms with E-state index in [-0.39, 0.29) is 11.8 Å². The molecular formula is C21H19N3O2S. The van der Waals surface area contributed by atoms with Crippen molar-refractivity contribution in [1.29, 1.82) is 0 Å². The Balaban J connectivity index is 1.25. The molecule has 6 heteroatoms. The molecule has 0 unspecified atom stereocenters. The SMILES string of the molecule is O=C1c2ccccc2C(=O)N1CN1CCC(c2nc3ccccc3s2)CC1. The molecule has 1 aromatic heterocycles. The first-order valence-electron chi connectivity index (χ1n) is 9.24. The Hall–Kier alpha value is -2.57. The Morgan fingerprint density at radius 3 is 2.22 bits per heavy atom. The van der Waals surface area contributed by atoms with Gasteiger partial charge in [-0.1, -0.05) is 24.3 Å². The maximum atomic E-state index is 12.5. The Bertz CT molecular complexity index is 969. The Morgan fingerprint density at radius 1 is 0.926 bits per heavy atom. The summed E-state index contributed by atoms with van der Waals surface area (Å²) < 4.78 is 1.24. The summed E-state index contributed by atoms with van der Waals surface area (Å²) in [6.07, 6.45) is 2.01. The van der Waals surface area contributed by atoms with Crippen molar-refractivity contribution in [2.75, 3.05) is 19.8 Å². The number of aromatic nitrogens is 1. The highest BCUT2D eigenvalue weighted by Gasteiger charge is 2.36. The van der Waals surface area contributed by atoms with Crippen LogP contribution in [-0.4, -0.2) is 46.4 Å². The molecule has 1 fully saturated rings. The number of piperidine rings is 1. The van der Waals surface area contributed by atoms with Crippen LogP contribution in [0.25, 0.3) is 10.2 Å². The summed E-state index contributed by atoms with van der Waals surface area (Å²) in [6, 6.07) is 15.3. The van der Waals surface area contributed by atoms with Gasteiger partial charge in [-0.25, -0.2) is 4.98 Å². The lowest BCUT2D eigenvalue weighted by molar-refractivity contribution is 0.0511. The standard InChI is InChI=1S/C21H19N3O2S/c25-20-15-5-1-2-6-16(15)21(26)24(20)13-23-11-9-14(10-12-23)19-22-17-7-3-4-8-18(17)27-19/h1-8,14H,9-13H2. The molecule has 5 nitrogen and oxygen atoms in total. The molecule has 2 aliphatic heterocycles. The summed E-state index contributed by atoms with van der Waals surface area (Å²) in [4.78, 5) is 33.4. The number of carbonyl (C=O) groups excluding carboxylic acids is 2. The van der Waals surface area contributed by atoms with E-state index < -0.39 is 0 Å². The maximum absolute atomic E-state index is 12.5. The molecule has 0 radical (unpaired) electrons. The first-order chi connectivity index (χ1) is 13.2. The number of thiazole rings is 1. The third-order valence-electron chi connectivity index (χ3n) is 5.47. The van der Waals surface area contributed by atoms with E-state index in [0.717, 1.165) is 31.4 Å². The Morgan fingerprint density at radius 2 is 1.56 bits per heavy atom. The molecule has 5 rings (SSSR count). The van der Waals surface area contributed by atoms with Crippen LogP contribution in [0.4, 0.5) is 0 Å². The molecule has 27 heavy (non-hydrogen) atoms. The zero-order valence-electron chi connectivity index (χ0n) is 14.8. The number of likely N-dealkylation sites (tertiary alicyclic amines) is 1. The van der Waals surface area contributed by atoms with Gasteiger partial charge in [0.1, 0.15) is 0 Å². The van der Waals surface area contributed by atoms with Crippen molar-refractivity contribution in [1.82, 2.24) is 14.8 Å². The topological polar surface area (TPSA) is 53.5 Å². The molecule has 136 valence electrons. The molecule has 3 heterocycles. The van der Waals surface area contributed by atoms with Gasteiger partial charge in [-0.2, -0.15) is 0 Å². The Labute approximate surface area is 161 Å². The molecule has 2 aromatic carbocycles. The van der Waals surface area contributed by atoms with E-state index >= 15 is 0 Å². The number of amides is 2. The highest BCUT2D eigenvalue weighted by Crippen LogP contribution is 2.34. The second kappa shape index (κ2) is 6.55. The number of imide groups is 1. The van der Waals surface area contributed by atoms with Gasteiger partial charge in [-0.05, 0) is 37.1 Å². The lowest BCUT2D eigenvalue weighted by Crippen LogP contribution is -2.44. The van der Waals surface area contributed by atoms with Gasteiger partial charge < -0.3 is 0 Å². The molecule has 0 spiro atoms. The maximum Gasteiger partial charge on any atom is 0.262 e. The largest absolute Gasteiger partial charge is 0.286 e. The van der Waals surface area contributed by atoms with E-state index in [9.17, 15) is 9.59 Å². The Kier molecular flexibility index (Phi) is 4.02. The third kappa shape index (κ3) is 2.85. The van der Waals surface area contributed by atoms with Crippen molar-refractivity contribution in [3.8, 4) is 0 Å². The van der Waals surface area contributed by atoms with Crippen LogP contribution in [0, 0.1) is 0 Å². The minimum atomic E-state index is -0.177. The quantitative estimate of drug-likeness (QED) is 0.653. The predicted molar refractivity (Wildman–Crippen MR) is 105 cm³/mol. The van der Waals surface area contributed by atoms with Gasteiger partial charge in [0.25, 0.3) is 11.8 Å². The number of hydrogen-bond acceptors (Lipinski definition) is 5. The number of carbonyl (C=O) groups is 2. The van der Waals surface area contributed by atoms with Gasteiger partial charge in [-0.15, -0.1) is 11.3 Å². The van der Waals surface area contributed by atoms with Crippen LogP contribution < -0.4 is 0 Å². The van der Waals surface area contributed by atoms with E-state index in [4.69, 9.17) is 4.98 Å². The molecule has 0 atom stereocenters. The van der Waals surface area contributed by atoms with Crippen molar-refractivity contribution in [2.45, 2.75) is 18.8 Å². The van der Waals surface area contributed by atoms with E-state index in [1.165, 1.54) is 14.6 Å². The van der Waals surface area contributed by atoms with Crippen molar-refractivity contribution < 1.29 is 9.59 Å². The molecular weight excluding hydrogens is 358 g/mol. The zero-order valence-corrected chi connectivity index (χ0v) is 15.6. The van der Waals surface area contributed by atoms with Crippen LogP contribution in [0.15, 0.2) is 48.5 Å². The normalized spacial score (nSPS) is 18.4. The van der Waals surface area contributed by atoms with Crippen LogP contribution in [0.3, 0.4) is 0 Å². The van der Waals surface area contributed by atoms with E-state index in [2.05, 4.69) is 23.1 Å². The van der Waals surface area contributed by atoms with E-state index in [1.807, 2.05) is 6.07 Å². The first kappa shape index (κ1) is 16.6. The fraction of sp³-hybridized carbons (Fsp3) is 0.286. The summed E-state index contributed by atoms with van der Waals surface area (Å²) in [7, 11) is 0. The summed E-state index contributed by atoms with van der Waals surface area (Å²) in [5.41, 5.74) is 2.12. The number of hydrogen-bond donors (Lipinski definition) is 0. The lowest BCUT2D eigenvalue weighted by Gasteiger charge is -2.33. The second-order valence-corrected chi connectivity index (χ2v) is 8.20. The molecule has 2 aliphatic rings. The van der Waals surface area contributed by atoms with Crippen LogP contribution in [0.5, 0.6) is 0 Å². The number of benzene rings is 2. The summed E-state index contributed by atoms with van der Waals surface area (Å²) in [5, 5.41) is 1.21. The molecule has 0 N–H and O–H groups in total. The summed E-state index contributed by atoms with van der Waals surface area (Å²) >= 11 is 1.78. The smallest absolute Gasteiger partial charge is 0.262 e. The molecule has 0 bridgehead atoms. The average molecular weight is 377 g/mol. The van der Waals surface area contributed by atoms with Crippen LogP contribution in [-0.2, 0) is 0 Å². The fourth-order valence-electron chi connectivity index (χ4n) is 3.95. The average Bonchev–Trinajstić information content (AvgIpc) is 3.24. The van der Waals surface area contributed by atoms with Crippen LogP contribution in [0.2, 0.25) is 0 Å². The second-order valence-electron chi connectivity index (χ2n) is 7.14. The van der Waals surface area contributed by atoms with Gasteiger partial charge in [0, 0.05) is 19.0 Å². The highest BCUT2D eigenvalue weighted by molar-refractivity contribution is 7.18. The first-order valence-corrected chi connectivity index (χ1v) is 10.1. The zero-order chi connectivity index (χ0) is 18.4.